The molecule has 0 aliphatic rings. The second-order valence-corrected chi connectivity index (χ2v) is 12.3. The molecule has 50 heavy (non-hydrogen) atoms. The van der Waals surface area contributed by atoms with Gasteiger partial charge in [0.05, 0.1) is 17.2 Å². The van der Waals surface area contributed by atoms with Gasteiger partial charge in [-0.25, -0.2) is 15.0 Å². The van der Waals surface area contributed by atoms with Crippen molar-refractivity contribution in [1.82, 2.24) is 24.5 Å². The average molecular weight is 642 g/mol. The van der Waals surface area contributed by atoms with E-state index in [1.807, 2.05) is 36.4 Å². The van der Waals surface area contributed by atoms with Gasteiger partial charge in [-0.05, 0) is 35.9 Å². The highest BCUT2D eigenvalue weighted by Gasteiger charge is 2.17. The summed E-state index contributed by atoms with van der Waals surface area (Å²) in [7, 11) is 0. The molecule has 0 unspecified atom stereocenters. The van der Waals surface area contributed by atoms with Crippen molar-refractivity contribution in [3.63, 3.8) is 0 Å². The van der Waals surface area contributed by atoms with Gasteiger partial charge in [0.1, 0.15) is 5.58 Å². The minimum absolute atomic E-state index is 0.607. The molecule has 234 valence electrons. The van der Waals surface area contributed by atoms with Crippen molar-refractivity contribution >= 4 is 43.7 Å². The molecule has 4 heterocycles. The zero-order chi connectivity index (χ0) is 33.0. The third kappa shape index (κ3) is 4.58. The second-order valence-electron chi connectivity index (χ2n) is 12.3. The average Bonchev–Trinajstić information content (AvgIpc) is 3.74. The van der Waals surface area contributed by atoms with Gasteiger partial charge in [-0.1, -0.05) is 121 Å². The Morgan fingerprint density at radius 3 is 1.76 bits per heavy atom. The van der Waals surface area contributed by atoms with Crippen LogP contribution in [-0.2, 0) is 0 Å². The lowest BCUT2D eigenvalue weighted by Gasteiger charge is -2.12. The van der Waals surface area contributed by atoms with Gasteiger partial charge in [0.25, 0.3) is 0 Å². The molecular weight excluding hydrogens is 615 g/mol. The Kier molecular flexibility index (Phi) is 6.39. The normalized spacial score (nSPS) is 11.6. The first-order valence-electron chi connectivity index (χ1n) is 16.5. The highest BCUT2D eigenvalue weighted by atomic mass is 16.3. The number of furan rings is 1. The Balaban J connectivity index is 1.10. The summed E-state index contributed by atoms with van der Waals surface area (Å²) in [4.78, 5) is 19.3. The fourth-order valence-corrected chi connectivity index (χ4v) is 7.01. The molecule has 0 saturated heterocycles. The minimum Gasteiger partial charge on any atom is -0.454 e. The van der Waals surface area contributed by atoms with E-state index in [1.54, 1.807) is 12.4 Å². The van der Waals surface area contributed by atoms with E-state index in [2.05, 4.69) is 125 Å². The van der Waals surface area contributed by atoms with E-state index >= 15 is 0 Å². The van der Waals surface area contributed by atoms with Crippen molar-refractivity contribution in [2.24, 2.45) is 0 Å². The first-order valence-corrected chi connectivity index (χ1v) is 16.5. The van der Waals surface area contributed by atoms with Crippen molar-refractivity contribution in [3.05, 3.63) is 164 Å². The first-order chi connectivity index (χ1) is 24.8. The summed E-state index contributed by atoms with van der Waals surface area (Å²) in [6, 6.07) is 52.2. The monoisotopic (exact) mass is 641 g/mol. The van der Waals surface area contributed by atoms with Gasteiger partial charge >= 0.3 is 0 Å². The number of nitrogens with zero attached hydrogens (tertiary/aromatic N) is 5. The molecule has 0 radical (unpaired) electrons. The smallest absolute Gasteiger partial charge is 0.164 e. The van der Waals surface area contributed by atoms with Crippen LogP contribution in [-0.4, -0.2) is 24.5 Å². The van der Waals surface area contributed by atoms with E-state index in [4.69, 9.17) is 19.4 Å². The third-order valence-corrected chi connectivity index (χ3v) is 9.37. The van der Waals surface area contributed by atoms with Gasteiger partial charge in [-0.3, -0.25) is 4.98 Å². The highest BCUT2D eigenvalue weighted by molar-refractivity contribution is 6.10. The predicted octanol–water partition coefficient (Wildman–Crippen LogP) is 10.9. The van der Waals surface area contributed by atoms with Gasteiger partial charge in [0, 0.05) is 55.7 Å². The molecule has 0 spiro atoms. The fraction of sp³-hybridized carbons (Fsp3) is 0. The summed E-state index contributed by atoms with van der Waals surface area (Å²) in [6.07, 6.45) is 3.57. The molecule has 6 nitrogen and oxygen atoms in total. The quantitative estimate of drug-likeness (QED) is 0.187. The summed E-state index contributed by atoms with van der Waals surface area (Å²) < 4.78 is 8.58. The number of rotatable bonds is 5. The molecule has 0 bridgehead atoms. The lowest BCUT2D eigenvalue weighted by atomic mass is 10.0. The number of hydrogen-bond acceptors (Lipinski definition) is 5. The van der Waals surface area contributed by atoms with E-state index in [-0.39, 0.29) is 0 Å². The topological polar surface area (TPSA) is 69.6 Å². The van der Waals surface area contributed by atoms with Gasteiger partial charge in [0.2, 0.25) is 0 Å². The third-order valence-electron chi connectivity index (χ3n) is 9.37. The maximum absolute atomic E-state index is 6.27. The molecule has 0 aliphatic carbocycles. The number of benzene rings is 6. The van der Waals surface area contributed by atoms with Crippen LogP contribution in [0.4, 0.5) is 0 Å². The van der Waals surface area contributed by atoms with Crippen LogP contribution >= 0.6 is 0 Å². The van der Waals surface area contributed by atoms with Gasteiger partial charge in [0.15, 0.2) is 23.1 Å². The summed E-state index contributed by atoms with van der Waals surface area (Å²) in [5.74, 6) is 1.84. The van der Waals surface area contributed by atoms with Crippen molar-refractivity contribution in [1.29, 1.82) is 0 Å². The van der Waals surface area contributed by atoms with Crippen LogP contribution in [0.25, 0.3) is 94.7 Å². The summed E-state index contributed by atoms with van der Waals surface area (Å²) >= 11 is 0. The number of hydrogen-bond donors (Lipinski definition) is 0. The standard InChI is InChI=1S/C44H27N5O/c1-2-10-29(11-3-1)42-46-43(30-22-20-28(21-23-30)33-16-9-17-37-36-24-25-45-27-40(36)50-41(33)37)48-44(47-42)31-12-8-13-32(26-31)49-38-18-6-4-14-34(38)35-15-5-7-19-39(35)49/h1-27H. The molecule has 0 amide bonds. The molecule has 4 aromatic heterocycles. The minimum atomic E-state index is 0.607. The maximum atomic E-state index is 6.27. The van der Waals surface area contributed by atoms with E-state index in [0.717, 1.165) is 66.5 Å². The van der Waals surface area contributed by atoms with Crippen LogP contribution in [0.2, 0.25) is 0 Å². The van der Waals surface area contributed by atoms with Crippen LogP contribution in [0.5, 0.6) is 0 Å². The molecule has 10 rings (SSSR count). The predicted molar refractivity (Wildman–Crippen MR) is 201 cm³/mol. The lowest BCUT2D eigenvalue weighted by Crippen LogP contribution is -2.01. The van der Waals surface area contributed by atoms with Crippen molar-refractivity contribution in [2.75, 3.05) is 0 Å². The van der Waals surface area contributed by atoms with Gasteiger partial charge in [-0.2, -0.15) is 0 Å². The Bertz CT molecular complexity index is 2820. The number of fused-ring (bicyclic) bond motifs is 6. The number of aromatic nitrogens is 5. The summed E-state index contributed by atoms with van der Waals surface area (Å²) in [5, 5.41) is 4.57. The Morgan fingerprint density at radius 1 is 0.440 bits per heavy atom. The Labute approximate surface area is 287 Å². The molecule has 0 fully saturated rings. The molecule has 0 N–H and O–H groups in total. The van der Waals surface area contributed by atoms with Crippen LogP contribution < -0.4 is 0 Å². The molecule has 0 atom stereocenters. The van der Waals surface area contributed by atoms with E-state index in [9.17, 15) is 0 Å². The van der Waals surface area contributed by atoms with Crippen LogP contribution in [0.3, 0.4) is 0 Å². The largest absolute Gasteiger partial charge is 0.454 e. The SMILES string of the molecule is c1ccc(-c2nc(-c3ccc(-c4cccc5c4oc4cnccc45)cc3)nc(-c3cccc(-n4c5ccccc5c5ccccc54)c3)n2)cc1. The van der Waals surface area contributed by atoms with E-state index in [0.29, 0.717) is 17.5 Å². The maximum Gasteiger partial charge on any atom is 0.164 e. The lowest BCUT2D eigenvalue weighted by molar-refractivity contribution is 0.668. The summed E-state index contributed by atoms with van der Waals surface area (Å²) in [5.41, 5.74) is 9.78. The molecule has 10 aromatic rings. The van der Waals surface area contributed by atoms with E-state index < -0.39 is 0 Å². The molecule has 0 saturated carbocycles. The van der Waals surface area contributed by atoms with Gasteiger partial charge < -0.3 is 8.98 Å². The molecule has 6 aromatic carbocycles. The van der Waals surface area contributed by atoms with Crippen molar-refractivity contribution < 1.29 is 4.42 Å². The highest BCUT2D eigenvalue weighted by Crippen LogP contribution is 2.37. The molecular formula is C44H27N5O. The fourth-order valence-electron chi connectivity index (χ4n) is 7.01. The summed E-state index contributed by atoms with van der Waals surface area (Å²) in [6.45, 7) is 0. The molecule has 0 aliphatic heterocycles. The zero-order valence-electron chi connectivity index (χ0n) is 26.7. The Morgan fingerprint density at radius 2 is 1.02 bits per heavy atom. The van der Waals surface area contributed by atoms with E-state index in [1.165, 1.54) is 10.8 Å². The number of para-hydroxylation sites is 3. The second kappa shape index (κ2) is 11.4. The van der Waals surface area contributed by atoms with Crippen LogP contribution in [0, 0.1) is 0 Å². The van der Waals surface area contributed by atoms with Crippen molar-refractivity contribution in [2.45, 2.75) is 0 Å². The zero-order valence-corrected chi connectivity index (χ0v) is 26.7. The first kappa shape index (κ1) is 28.1. The van der Waals surface area contributed by atoms with Crippen LogP contribution in [0.15, 0.2) is 168 Å². The van der Waals surface area contributed by atoms with Gasteiger partial charge in [-0.15, -0.1) is 0 Å². The number of pyridine rings is 1. The van der Waals surface area contributed by atoms with Crippen molar-refractivity contribution in [3.8, 4) is 51.0 Å². The Hall–Kier alpha value is -6.92. The molecule has 6 heteroatoms. The van der Waals surface area contributed by atoms with Crippen LogP contribution in [0.1, 0.15) is 0 Å².